The number of aromatic nitrogens is 1. The maximum atomic E-state index is 5.22. The van der Waals surface area contributed by atoms with E-state index in [2.05, 4.69) is 18.1 Å². The molecule has 2 nitrogen and oxygen atoms in total. The highest BCUT2D eigenvalue weighted by molar-refractivity contribution is 5.72. The van der Waals surface area contributed by atoms with E-state index in [9.17, 15) is 0 Å². The molecule has 0 N–H and O–H groups in total. The van der Waals surface area contributed by atoms with E-state index < -0.39 is 0 Å². The van der Waals surface area contributed by atoms with Crippen LogP contribution in [0.2, 0.25) is 0 Å². The lowest BCUT2D eigenvalue weighted by Gasteiger charge is -2.08. The van der Waals surface area contributed by atoms with Crippen molar-refractivity contribution in [3.63, 3.8) is 0 Å². The Balaban J connectivity index is 2.74. The van der Waals surface area contributed by atoms with Crippen LogP contribution in [0.3, 0.4) is 0 Å². The Bertz CT molecular complexity index is 303. The van der Waals surface area contributed by atoms with E-state index in [0.29, 0.717) is 12.4 Å². The number of ether oxygens (including phenoxy) is 1. The molecule has 0 saturated heterocycles. The van der Waals surface area contributed by atoms with Crippen molar-refractivity contribution in [1.29, 1.82) is 0 Å². The lowest BCUT2D eigenvalue weighted by molar-refractivity contribution is 0.247. The smallest absolute Gasteiger partial charge is 0.120 e. The molecule has 0 radical (unpaired) electrons. The lowest BCUT2D eigenvalue weighted by Crippen LogP contribution is -1.94. The second-order valence-electron chi connectivity index (χ2n) is 2.55. The first-order valence-corrected chi connectivity index (χ1v) is 4.18. The van der Waals surface area contributed by atoms with Gasteiger partial charge in [0.2, 0.25) is 0 Å². The molecule has 1 heterocycles. The molecular formula is C11H13NO. The summed E-state index contributed by atoms with van der Waals surface area (Å²) in [7, 11) is 0. The van der Waals surface area contributed by atoms with Gasteiger partial charge in [0.1, 0.15) is 5.76 Å². The van der Waals surface area contributed by atoms with E-state index >= 15 is 0 Å². The minimum absolute atomic E-state index is 0.584. The number of rotatable bonds is 4. The minimum atomic E-state index is 0.584. The summed E-state index contributed by atoms with van der Waals surface area (Å²) in [4.78, 5) is 4.14. The van der Waals surface area contributed by atoms with Crippen LogP contribution in [0.15, 0.2) is 43.3 Å². The van der Waals surface area contributed by atoms with Crippen LogP contribution < -0.4 is 0 Å². The summed E-state index contributed by atoms with van der Waals surface area (Å²) in [5, 5.41) is 0. The molecule has 2 heteroatoms. The van der Waals surface area contributed by atoms with E-state index in [-0.39, 0.29) is 0 Å². The van der Waals surface area contributed by atoms with E-state index in [4.69, 9.17) is 4.74 Å². The fraction of sp³-hybridized carbons (Fsp3) is 0.182. The minimum Gasteiger partial charge on any atom is -0.494 e. The van der Waals surface area contributed by atoms with Crippen LogP contribution >= 0.6 is 0 Å². The Labute approximate surface area is 78.6 Å². The van der Waals surface area contributed by atoms with Crippen LogP contribution in [-0.2, 0) is 4.74 Å². The van der Waals surface area contributed by atoms with Crippen molar-refractivity contribution < 1.29 is 4.74 Å². The highest BCUT2D eigenvalue weighted by Gasteiger charge is 2.03. The molecule has 0 atom stereocenters. The highest BCUT2D eigenvalue weighted by atomic mass is 16.5. The van der Waals surface area contributed by atoms with Crippen LogP contribution in [0.25, 0.3) is 5.57 Å². The van der Waals surface area contributed by atoms with Crippen LogP contribution in [0.4, 0.5) is 0 Å². The first kappa shape index (κ1) is 9.52. The van der Waals surface area contributed by atoms with Crippen LogP contribution in [0.5, 0.6) is 0 Å². The zero-order chi connectivity index (χ0) is 9.68. The summed E-state index contributed by atoms with van der Waals surface area (Å²) in [6, 6.07) is 5.65. The van der Waals surface area contributed by atoms with Gasteiger partial charge in [-0.2, -0.15) is 0 Å². The van der Waals surface area contributed by atoms with Crippen molar-refractivity contribution in [2.75, 3.05) is 6.61 Å². The molecule has 0 aliphatic rings. The van der Waals surface area contributed by atoms with Crippen molar-refractivity contribution in [2.24, 2.45) is 0 Å². The summed E-state index contributed by atoms with van der Waals surface area (Å²) < 4.78 is 5.22. The Morgan fingerprint density at radius 3 is 2.77 bits per heavy atom. The fourth-order valence-electron chi connectivity index (χ4n) is 0.945. The maximum absolute atomic E-state index is 5.22. The second kappa shape index (κ2) is 4.45. The van der Waals surface area contributed by atoms with Gasteiger partial charge in [0.05, 0.1) is 12.3 Å². The standard InChI is InChI=1S/C11H13NO/c1-4-13-10(3)9(2)11-7-5-6-8-12-11/h5-8H,2-4H2,1H3. The largest absolute Gasteiger partial charge is 0.494 e. The van der Waals surface area contributed by atoms with E-state index in [1.807, 2.05) is 25.1 Å². The number of pyridine rings is 1. The molecular weight excluding hydrogens is 162 g/mol. The van der Waals surface area contributed by atoms with Gasteiger partial charge in [0.15, 0.2) is 0 Å². The quantitative estimate of drug-likeness (QED) is 0.518. The third kappa shape index (κ3) is 2.44. The van der Waals surface area contributed by atoms with Crippen molar-refractivity contribution in [2.45, 2.75) is 6.92 Å². The SMILES string of the molecule is C=C(OCC)C(=C)c1ccccn1. The molecule has 0 saturated carbocycles. The van der Waals surface area contributed by atoms with Crippen molar-refractivity contribution in [3.05, 3.63) is 49.0 Å². The van der Waals surface area contributed by atoms with Crippen LogP contribution in [0.1, 0.15) is 12.6 Å². The molecule has 1 aromatic heterocycles. The predicted octanol–water partition coefficient (Wildman–Crippen LogP) is 2.65. The normalized spacial score (nSPS) is 9.31. The lowest BCUT2D eigenvalue weighted by atomic mass is 10.2. The van der Waals surface area contributed by atoms with Gasteiger partial charge in [-0.15, -0.1) is 0 Å². The van der Waals surface area contributed by atoms with Gasteiger partial charge in [-0.25, -0.2) is 0 Å². The third-order valence-electron chi connectivity index (χ3n) is 1.63. The van der Waals surface area contributed by atoms with Gasteiger partial charge in [0.25, 0.3) is 0 Å². The number of hydrogen-bond acceptors (Lipinski definition) is 2. The molecule has 0 fully saturated rings. The molecule has 0 aromatic carbocycles. The molecule has 13 heavy (non-hydrogen) atoms. The first-order chi connectivity index (χ1) is 6.25. The zero-order valence-electron chi connectivity index (χ0n) is 7.79. The summed E-state index contributed by atoms with van der Waals surface area (Å²) in [5.41, 5.74) is 1.54. The summed E-state index contributed by atoms with van der Waals surface area (Å²) >= 11 is 0. The van der Waals surface area contributed by atoms with E-state index in [0.717, 1.165) is 11.3 Å². The Hall–Kier alpha value is -1.57. The average Bonchev–Trinajstić information content (AvgIpc) is 2.18. The molecule has 1 rings (SSSR count). The number of nitrogens with zero attached hydrogens (tertiary/aromatic N) is 1. The summed E-state index contributed by atoms with van der Waals surface area (Å²) in [6.07, 6.45) is 1.72. The van der Waals surface area contributed by atoms with E-state index in [1.165, 1.54) is 0 Å². The monoisotopic (exact) mass is 175 g/mol. The van der Waals surface area contributed by atoms with Gasteiger partial charge >= 0.3 is 0 Å². The van der Waals surface area contributed by atoms with Crippen LogP contribution in [-0.4, -0.2) is 11.6 Å². The molecule has 0 aliphatic carbocycles. The zero-order valence-corrected chi connectivity index (χ0v) is 7.79. The third-order valence-corrected chi connectivity index (χ3v) is 1.63. The van der Waals surface area contributed by atoms with Crippen LogP contribution in [0, 0.1) is 0 Å². The fourth-order valence-corrected chi connectivity index (χ4v) is 0.945. The molecule has 1 aromatic rings. The van der Waals surface area contributed by atoms with E-state index in [1.54, 1.807) is 6.20 Å². The maximum Gasteiger partial charge on any atom is 0.120 e. The highest BCUT2D eigenvalue weighted by Crippen LogP contribution is 2.17. The van der Waals surface area contributed by atoms with Crippen molar-refractivity contribution in [3.8, 4) is 0 Å². The van der Waals surface area contributed by atoms with Gasteiger partial charge in [-0.1, -0.05) is 19.2 Å². The molecule has 0 aliphatic heterocycles. The van der Waals surface area contributed by atoms with Gasteiger partial charge < -0.3 is 4.74 Å². The number of hydrogen-bond donors (Lipinski definition) is 0. The van der Waals surface area contributed by atoms with Gasteiger partial charge in [-0.05, 0) is 19.1 Å². The Morgan fingerprint density at radius 2 is 2.23 bits per heavy atom. The Kier molecular flexibility index (Phi) is 3.26. The average molecular weight is 175 g/mol. The topological polar surface area (TPSA) is 22.1 Å². The summed E-state index contributed by atoms with van der Waals surface area (Å²) in [5.74, 6) is 0.584. The second-order valence-corrected chi connectivity index (χ2v) is 2.55. The van der Waals surface area contributed by atoms with Gasteiger partial charge in [0, 0.05) is 11.8 Å². The summed E-state index contributed by atoms with van der Waals surface area (Å²) in [6.45, 7) is 10.1. The van der Waals surface area contributed by atoms with Crippen molar-refractivity contribution in [1.82, 2.24) is 4.98 Å². The predicted molar refractivity (Wildman–Crippen MR) is 54.0 cm³/mol. The molecule has 0 spiro atoms. The van der Waals surface area contributed by atoms with Crippen molar-refractivity contribution >= 4 is 5.57 Å². The Morgan fingerprint density at radius 1 is 1.46 bits per heavy atom. The van der Waals surface area contributed by atoms with Gasteiger partial charge in [-0.3, -0.25) is 4.98 Å². The molecule has 0 bridgehead atoms. The number of allylic oxidation sites excluding steroid dienone is 1. The molecule has 68 valence electrons. The molecule has 0 unspecified atom stereocenters. The molecule has 0 amide bonds. The first-order valence-electron chi connectivity index (χ1n) is 4.18.